The van der Waals surface area contributed by atoms with E-state index in [4.69, 9.17) is 25.0 Å². The Bertz CT molecular complexity index is 1210. The maximum absolute atomic E-state index is 6.26. The molecule has 0 atom stereocenters. The van der Waals surface area contributed by atoms with E-state index < -0.39 is 0 Å². The van der Waals surface area contributed by atoms with Crippen molar-refractivity contribution in [1.82, 2.24) is 14.8 Å². The molecule has 1 aliphatic heterocycles. The van der Waals surface area contributed by atoms with E-state index in [9.17, 15) is 0 Å². The summed E-state index contributed by atoms with van der Waals surface area (Å²) in [7, 11) is 0. The molecule has 0 aliphatic carbocycles. The van der Waals surface area contributed by atoms with Gasteiger partial charge in [-0.15, -0.1) is 0 Å². The largest absolute Gasteiger partial charge is 0.457 e. The van der Waals surface area contributed by atoms with Crippen LogP contribution in [0.2, 0.25) is 0 Å². The lowest BCUT2D eigenvalue weighted by atomic mass is 10.1. The number of morpholine rings is 1. The molecule has 1 fully saturated rings. The fourth-order valence-electron chi connectivity index (χ4n) is 4.17. The average molecular weight is 432 g/mol. The summed E-state index contributed by atoms with van der Waals surface area (Å²) in [6.07, 6.45) is 4.83. The quantitative estimate of drug-likeness (QED) is 0.444. The average Bonchev–Trinajstić information content (AvgIpc) is 3.46. The number of nitrogens with zero attached hydrogens (tertiary/aromatic N) is 4. The van der Waals surface area contributed by atoms with Crippen molar-refractivity contribution in [3.63, 3.8) is 0 Å². The Hall–Kier alpha value is -3.16. The predicted octanol–water partition coefficient (Wildman–Crippen LogP) is 4.11. The van der Waals surface area contributed by atoms with Crippen LogP contribution in [0.1, 0.15) is 24.2 Å². The fourth-order valence-corrected chi connectivity index (χ4v) is 4.17. The molecule has 1 aromatic carbocycles. The Labute approximate surface area is 187 Å². The number of pyridine rings is 1. The number of benzene rings is 1. The molecule has 0 spiro atoms. The first-order valence-corrected chi connectivity index (χ1v) is 11.3. The highest BCUT2D eigenvalue weighted by Gasteiger charge is 2.20. The normalized spacial score (nSPS) is 14.4. The molecule has 5 rings (SSSR count). The van der Waals surface area contributed by atoms with E-state index in [2.05, 4.69) is 48.2 Å². The second-order valence-corrected chi connectivity index (χ2v) is 8.29. The third-order valence-corrected chi connectivity index (χ3v) is 5.86. The minimum Gasteiger partial charge on any atom is -0.457 e. The third-order valence-electron chi connectivity index (χ3n) is 5.86. The number of ether oxygens (including phenoxy) is 1. The number of rotatable bonds is 7. The van der Waals surface area contributed by atoms with Gasteiger partial charge in [-0.25, -0.2) is 9.67 Å². The number of furan rings is 1. The molecule has 3 aromatic heterocycles. The lowest BCUT2D eigenvalue weighted by Gasteiger charge is -2.29. The minimum atomic E-state index is 0.699. The van der Waals surface area contributed by atoms with Crippen molar-refractivity contribution in [3.8, 4) is 17.1 Å². The van der Waals surface area contributed by atoms with E-state index in [0.717, 1.165) is 72.0 Å². The van der Waals surface area contributed by atoms with Crippen LogP contribution in [0, 0.1) is 6.92 Å². The van der Waals surface area contributed by atoms with Crippen LogP contribution in [0.5, 0.6) is 0 Å². The summed E-state index contributed by atoms with van der Waals surface area (Å²) in [5, 5.41) is 4.82. The third kappa shape index (κ3) is 4.26. The van der Waals surface area contributed by atoms with Crippen LogP contribution in [0.15, 0.2) is 53.1 Å². The van der Waals surface area contributed by atoms with Gasteiger partial charge in [0.2, 0.25) is 0 Å². The molecule has 1 aliphatic rings. The molecule has 7 heteroatoms. The fraction of sp³-hybridized carbons (Fsp3) is 0.360. The standard InChI is InChI=1S/C25H29N5O2/c1-18-5-4-6-19(15-18)21-8-10-30(28-21)24-17-23(29-11-13-31-14-12-29)25-22(27-24)16-20(32-25)7-2-3-9-26/h4-6,8,10,15-17H,2-3,7,9,11-14,26H2,1H3. The summed E-state index contributed by atoms with van der Waals surface area (Å²) in [5.41, 5.74) is 11.6. The van der Waals surface area contributed by atoms with Crippen molar-refractivity contribution in [2.24, 2.45) is 5.73 Å². The van der Waals surface area contributed by atoms with Gasteiger partial charge in [-0.1, -0.05) is 23.8 Å². The smallest absolute Gasteiger partial charge is 0.176 e. The van der Waals surface area contributed by atoms with Crippen molar-refractivity contribution >= 4 is 16.8 Å². The number of unbranched alkanes of at least 4 members (excludes halogenated alkanes) is 1. The monoisotopic (exact) mass is 431 g/mol. The first kappa shape index (κ1) is 20.7. The Morgan fingerprint density at radius 2 is 1.94 bits per heavy atom. The van der Waals surface area contributed by atoms with Crippen LogP contribution >= 0.6 is 0 Å². The van der Waals surface area contributed by atoms with Gasteiger partial charge in [0.05, 0.1) is 24.6 Å². The van der Waals surface area contributed by atoms with Gasteiger partial charge in [-0.05, 0) is 38.4 Å². The molecule has 4 heterocycles. The van der Waals surface area contributed by atoms with Gasteiger partial charge in [0.25, 0.3) is 0 Å². The van der Waals surface area contributed by atoms with Crippen LogP contribution in [0.4, 0.5) is 5.69 Å². The molecule has 4 aromatic rings. The Balaban J connectivity index is 1.54. The molecular weight excluding hydrogens is 402 g/mol. The molecule has 0 bridgehead atoms. The summed E-state index contributed by atoms with van der Waals surface area (Å²) >= 11 is 0. The first-order valence-electron chi connectivity index (χ1n) is 11.3. The second-order valence-electron chi connectivity index (χ2n) is 8.29. The number of anilines is 1. The van der Waals surface area contributed by atoms with Crippen molar-refractivity contribution < 1.29 is 9.15 Å². The first-order chi connectivity index (χ1) is 15.7. The van der Waals surface area contributed by atoms with Gasteiger partial charge in [0.1, 0.15) is 11.3 Å². The highest BCUT2D eigenvalue weighted by Crippen LogP contribution is 2.32. The summed E-state index contributed by atoms with van der Waals surface area (Å²) in [4.78, 5) is 7.21. The number of nitrogens with two attached hydrogens (primary N) is 1. The Morgan fingerprint density at radius 3 is 2.75 bits per heavy atom. The molecule has 166 valence electrons. The molecule has 0 unspecified atom stereocenters. The molecular formula is C25H29N5O2. The van der Waals surface area contributed by atoms with Gasteiger partial charge in [-0.2, -0.15) is 5.10 Å². The molecule has 1 saturated heterocycles. The van der Waals surface area contributed by atoms with Crippen molar-refractivity contribution in [3.05, 3.63) is 60.0 Å². The number of aryl methyl sites for hydroxylation is 2. The highest BCUT2D eigenvalue weighted by atomic mass is 16.5. The maximum Gasteiger partial charge on any atom is 0.176 e. The predicted molar refractivity (Wildman–Crippen MR) is 126 cm³/mol. The van der Waals surface area contributed by atoms with E-state index in [0.29, 0.717) is 19.8 Å². The molecule has 0 amide bonds. The van der Waals surface area contributed by atoms with E-state index in [1.165, 1.54) is 5.56 Å². The van der Waals surface area contributed by atoms with E-state index >= 15 is 0 Å². The summed E-state index contributed by atoms with van der Waals surface area (Å²) in [6.45, 7) is 5.87. The van der Waals surface area contributed by atoms with Crippen LogP contribution in [-0.2, 0) is 11.2 Å². The van der Waals surface area contributed by atoms with Crippen LogP contribution in [0.3, 0.4) is 0 Å². The Morgan fingerprint density at radius 1 is 1.06 bits per heavy atom. The number of aromatic nitrogens is 3. The van der Waals surface area contributed by atoms with Crippen LogP contribution in [-0.4, -0.2) is 47.6 Å². The molecule has 7 nitrogen and oxygen atoms in total. The Kier molecular flexibility index (Phi) is 5.92. The van der Waals surface area contributed by atoms with E-state index in [1.54, 1.807) is 0 Å². The van der Waals surface area contributed by atoms with Gasteiger partial charge in [0, 0.05) is 43.4 Å². The summed E-state index contributed by atoms with van der Waals surface area (Å²) in [5.74, 6) is 1.74. The van der Waals surface area contributed by atoms with Crippen molar-refractivity contribution in [2.75, 3.05) is 37.7 Å². The molecule has 0 saturated carbocycles. The van der Waals surface area contributed by atoms with Gasteiger partial charge >= 0.3 is 0 Å². The zero-order valence-corrected chi connectivity index (χ0v) is 18.5. The van der Waals surface area contributed by atoms with Crippen molar-refractivity contribution in [1.29, 1.82) is 0 Å². The minimum absolute atomic E-state index is 0.699. The second kappa shape index (κ2) is 9.14. The SMILES string of the molecule is Cc1cccc(-c2ccn(-c3cc(N4CCOCC4)c4oc(CCCCN)cc4n3)n2)c1. The van der Waals surface area contributed by atoms with Crippen LogP contribution in [0.25, 0.3) is 28.2 Å². The van der Waals surface area contributed by atoms with E-state index in [1.807, 2.05) is 16.9 Å². The number of fused-ring (bicyclic) bond motifs is 1. The number of hydrogen-bond acceptors (Lipinski definition) is 6. The van der Waals surface area contributed by atoms with Crippen molar-refractivity contribution in [2.45, 2.75) is 26.2 Å². The molecule has 2 N–H and O–H groups in total. The number of hydrogen-bond donors (Lipinski definition) is 1. The summed E-state index contributed by atoms with van der Waals surface area (Å²) < 4.78 is 13.7. The summed E-state index contributed by atoms with van der Waals surface area (Å²) in [6, 6.07) is 14.5. The van der Waals surface area contributed by atoms with Gasteiger partial charge < -0.3 is 19.8 Å². The maximum atomic E-state index is 6.26. The highest BCUT2D eigenvalue weighted by molar-refractivity contribution is 5.88. The zero-order valence-electron chi connectivity index (χ0n) is 18.5. The lowest BCUT2D eigenvalue weighted by molar-refractivity contribution is 0.122. The van der Waals surface area contributed by atoms with Gasteiger partial charge in [0.15, 0.2) is 11.4 Å². The molecule has 32 heavy (non-hydrogen) atoms. The molecule has 0 radical (unpaired) electrons. The topological polar surface area (TPSA) is 82.3 Å². The van der Waals surface area contributed by atoms with Gasteiger partial charge in [-0.3, -0.25) is 0 Å². The zero-order chi connectivity index (χ0) is 21.9. The van der Waals surface area contributed by atoms with E-state index in [-0.39, 0.29) is 0 Å². The lowest BCUT2D eigenvalue weighted by Crippen LogP contribution is -2.36. The van der Waals surface area contributed by atoms with Crippen LogP contribution < -0.4 is 10.6 Å².